The molecule has 0 bridgehead atoms. The lowest BCUT2D eigenvalue weighted by Gasteiger charge is -2.06. The van der Waals surface area contributed by atoms with Crippen molar-refractivity contribution in [2.24, 2.45) is 0 Å². The molecule has 0 aliphatic heterocycles. The van der Waals surface area contributed by atoms with Crippen LogP contribution in [0.1, 0.15) is 17.0 Å². The van der Waals surface area contributed by atoms with Crippen molar-refractivity contribution in [2.45, 2.75) is 18.3 Å². The average molecular weight is 225 g/mol. The summed E-state index contributed by atoms with van der Waals surface area (Å²) in [6, 6.07) is 0. The summed E-state index contributed by atoms with van der Waals surface area (Å²) in [6.07, 6.45) is 0. The van der Waals surface area contributed by atoms with Crippen LogP contribution in [-0.2, 0) is 4.46 Å². The minimum Gasteiger partial charge on any atom is -0.350 e. The fourth-order valence-corrected chi connectivity index (χ4v) is 1.13. The molecular formula is C6H6Cl2N2O3. The predicted molar refractivity (Wildman–Crippen MR) is 46.4 cm³/mol. The first kappa shape index (κ1) is 10.3. The van der Waals surface area contributed by atoms with Gasteiger partial charge in [-0.05, 0) is 37.0 Å². The first-order valence-corrected chi connectivity index (χ1v) is 4.08. The molecule has 13 heavy (non-hydrogen) atoms. The zero-order valence-electron chi connectivity index (χ0n) is 6.88. The molecule has 0 N–H and O–H groups in total. The molecule has 1 rings (SSSR count). The van der Waals surface area contributed by atoms with Crippen molar-refractivity contribution >= 4 is 23.2 Å². The highest BCUT2D eigenvalue weighted by atomic mass is 35.5. The minimum atomic E-state index is -2.26. The summed E-state index contributed by atoms with van der Waals surface area (Å²) < 4.78 is 2.41. The number of alkyl halides is 2. The summed E-state index contributed by atoms with van der Waals surface area (Å²) in [5.41, 5.74) is 1.02. The zero-order chi connectivity index (χ0) is 10.2. The average Bonchev–Trinajstić information content (AvgIpc) is 2.33. The molecule has 0 atom stereocenters. The third kappa shape index (κ3) is 1.62. The Morgan fingerprint density at radius 3 is 2.38 bits per heavy atom. The number of hydrogen-bond acceptors (Lipinski definition) is 4. The van der Waals surface area contributed by atoms with Crippen molar-refractivity contribution in [2.75, 3.05) is 0 Å². The molecule has 0 unspecified atom stereocenters. The van der Waals surface area contributed by atoms with Crippen molar-refractivity contribution < 1.29 is 9.45 Å². The molecule has 1 aromatic heterocycles. The van der Waals surface area contributed by atoms with Gasteiger partial charge in [-0.1, -0.05) is 5.16 Å². The minimum absolute atomic E-state index is 0.140. The van der Waals surface area contributed by atoms with Crippen molar-refractivity contribution in [3.63, 3.8) is 0 Å². The molecule has 0 aliphatic carbocycles. The number of halogens is 2. The van der Waals surface area contributed by atoms with Crippen LogP contribution in [0.4, 0.5) is 0 Å². The number of aromatic nitrogens is 1. The van der Waals surface area contributed by atoms with Crippen LogP contribution in [0.25, 0.3) is 0 Å². The summed E-state index contributed by atoms with van der Waals surface area (Å²) >= 11 is 10.9. The van der Waals surface area contributed by atoms with E-state index in [1.807, 2.05) is 0 Å². The lowest BCUT2D eigenvalue weighted by Crippen LogP contribution is -2.22. The molecule has 0 amide bonds. The molecule has 5 nitrogen and oxygen atoms in total. The maximum absolute atomic E-state index is 10.4. The Morgan fingerprint density at radius 2 is 2.08 bits per heavy atom. The third-order valence-corrected chi connectivity index (χ3v) is 2.28. The van der Waals surface area contributed by atoms with Crippen LogP contribution in [0.15, 0.2) is 4.52 Å². The summed E-state index contributed by atoms with van der Waals surface area (Å²) in [5.74, 6) is -0.140. The normalized spacial score (nSPS) is 11.7. The Hall–Kier alpha value is -0.810. The predicted octanol–water partition coefficient (Wildman–Crippen LogP) is 2.16. The molecular weight excluding hydrogens is 219 g/mol. The van der Waals surface area contributed by atoms with Gasteiger partial charge in [0.1, 0.15) is 0 Å². The van der Waals surface area contributed by atoms with Crippen molar-refractivity contribution in [1.82, 2.24) is 5.16 Å². The standard InChI is InChI=1S/C6H6Cl2N2O3/c1-3-4(2)9-13-5(3)6(7,8)10(11)12/h1-2H3. The van der Waals surface area contributed by atoms with Gasteiger partial charge in [-0.3, -0.25) is 10.1 Å². The van der Waals surface area contributed by atoms with Crippen LogP contribution in [0, 0.1) is 24.0 Å². The van der Waals surface area contributed by atoms with Gasteiger partial charge >= 0.3 is 4.46 Å². The zero-order valence-corrected chi connectivity index (χ0v) is 8.39. The number of nitrogens with zero attached hydrogens (tertiary/aromatic N) is 2. The Bertz CT molecular complexity index is 348. The van der Waals surface area contributed by atoms with Crippen LogP contribution < -0.4 is 0 Å². The summed E-state index contributed by atoms with van der Waals surface area (Å²) in [6.45, 7) is 3.25. The van der Waals surface area contributed by atoms with E-state index in [0.29, 0.717) is 11.3 Å². The second kappa shape index (κ2) is 3.16. The second-order valence-electron chi connectivity index (χ2n) is 2.52. The molecule has 72 valence electrons. The van der Waals surface area contributed by atoms with Crippen LogP contribution in [0.3, 0.4) is 0 Å². The number of nitro groups is 1. The lowest BCUT2D eigenvalue weighted by atomic mass is 10.2. The van der Waals surface area contributed by atoms with Crippen molar-refractivity contribution in [3.05, 3.63) is 27.1 Å². The monoisotopic (exact) mass is 224 g/mol. The quantitative estimate of drug-likeness (QED) is 0.334. The topological polar surface area (TPSA) is 69.2 Å². The molecule has 0 saturated carbocycles. The maximum atomic E-state index is 10.4. The van der Waals surface area contributed by atoms with E-state index < -0.39 is 9.38 Å². The molecule has 0 saturated heterocycles. The van der Waals surface area contributed by atoms with E-state index in [-0.39, 0.29) is 5.76 Å². The largest absolute Gasteiger partial charge is 0.431 e. The van der Waals surface area contributed by atoms with Gasteiger partial charge < -0.3 is 4.52 Å². The van der Waals surface area contributed by atoms with Gasteiger partial charge in [0.15, 0.2) is 0 Å². The Morgan fingerprint density at radius 1 is 1.54 bits per heavy atom. The third-order valence-electron chi connectivity index (χ3n) is 1.66. The summed E-state index contributed by atoms with van der Waals surface area (Å²) in [4.78, 5) is 9.59. The van der Waals surface area contributed by atoms with Gasteiger partial charge in [-0.2, -0.15) is 0 Å². The van der Waals surface area contributed by atoms with Crippen LogP contribution in [0.5, 0.6) is 0 Å². The molecule has 1 aromatic rings. The van der Waals surface area contributed by atoms with Gasteiger partial charge in [0, 0.05) is 5.56 Å². The summed E-state index contributed by atoms with van der Waals surface area (Å²) in [7, 11) is 0. The van der Waals surface area contributed by atoms with Gasteiger partial charge in [0.05, 0.1) is 10.6 Å². The first-order chi connectivity index (χ1) is 5.87. The number of aryl methyl sites for hydroxylation is 1. The Labute approximate surface area is 83.8 Å². The van der Waals surface area contributed by atoms with Crippen LogP contribution in [0.2, 0.25) is 0 Å². The molecule has 0 fully saturated rings. The van der Waals surface area contributed by atoms with Crippen LogP contribution >= 0.6 is 23.2 Å². The molecule has 0 aliphatic rings. The Kier molecular flexibility index (Phi) is 2.49. The number of rotatable bonds is 2. The summed E-state index contributed by atoms with van der Waals surface area (Å²) in [5, 5.41) is 14.0. The van der Waals surface area contributed by atoms with E-state index in [9.17, 15) is 10.1 Å². The van der Waals surface area contributed by atoms with E-state index in [0.717, 1.165) is 0 Å². The number of hydrogen-bond donors (Lipinski definition) is 0. The van der Waals surface area contributed by atoms with E-state index in [2.05, 4.69) is 9.68 Å². The van der Waals surface area contributed by atoms with Gasteiger partial charge in [-0.25, -0.2) is 0 Å². The van der Waals surface area contributed by atoms with E-state index in [4.69, 9.17) is 23.2 Å². The van der Waals surface area contributed by atoms with E-state index in [1.54, 1.807) is 13.8 Å². The van der Waals surface area contributed by atoms with Gasteiger partial charge in [-0.15, -0.1) is 0 Å². The molecule has 1 heterocycles. The smallest absolute Gasteiger partial charge is 0.350 e. The highest BCUT2D eigenvalue weighted by molar-refractivity contribution is 6.46. The highest BCUT2D eigenvalue weighted by Crippen LogP contribution is 2.36. The Balaban J connectivity index is 3.22. The second-order valence-corrected chi connectivity index (χ2v) is 3.81. The van der Waals surface area contributed by atoms with Crippen molar-refractivity contribution in [1.29, 1.82) is 0 Å². The van der Waals surface area contributed by atoms with Gasteiger partial charge in [0.2, 0.25) is 5.76 Å². The van der Waals surface area contributed by atoms with Crippen LogP contribution in [-0.4, -0.2) is 10.1 Å². The highest BCUT2D eigenvalue weighted by Gasteiger charge is 2.46. The first-order valence-electron chi connectivity index (χ1n) is 3.33. The van der Waals surface area contributed by atoms with E-state index >= 15 is 0 Å². The molecule has 0 radical (unpaired) electrons. The fraction of sp³-hybridized carbons (Fsp3) is 0.500. The maximum Gasteiger partial charge on any atom is 0.431 e. The molecule has 7 heteroatoms. The van der Waals surface area contributed by atoms with Crippen molar-refractivity contribution in [3.8, 4) is 0 Å². The SMILES string of the molecule is Cc1noc(C(Cl)(Cl)[N+](=O)[O-])c1C. The van der Waals surface area contributed by atoms with Gasteiger partial charge in [0.25, 0.3) is 0 Å². The lowest BCUT2D eigenvalue weighted by molar-refractivity contribution is -0.526. The molecule has 0 aromatic carbocycles. The molecule has 0 spiro atoms. The fourth-order valence-electron chi connectivity index (χ4n) is 0.779. The van der Waals surface area contributed by atoms with E-state index in [1.165, 1.54) is 0 Å².